The molecular formula is C12H24N4O2. The fraction of sp³-hybridized carbons (Fsp3) is 0.833. The van der Waals surface area contributed by atoms with Crippen molar-refractivity contribution in [3.8, 4) is 0 Å². The summed E-state index contributed by atoms with van der Waals surface area (Å²) in [5.74, 6) is 0.462. The van der Waals surface area contributed by atoms with Gasteiger partial charge in [-0.15, -0.1) is 0 Å². The third-order valence-corrected chi connectivity index (χ3v) is 2.86. The Morgan fingerprint density at radius 1 is 1.44 bits per heavy atom. The van der Waals surface area contributed by atoms with Crippen LogP contribution in [0.3, 0.4) is 0 Å². The minimum Gasteiger partial charge on any atom is -0.354 e. The highest BCUT2D eigenvalue weighted by Gasteiger charge is 2.19. The summed E-state index contributed by atoms with van der Waals surface area (Å²) in [5, 5.41) is 8.74. The number of rotatable bonds is 7. The first-order chi connectivity index (χ1) is 8.50. The van der Waals surface area contributed by atoms with Crippen LogP contribution in [-0.4, -0.2) is 55.6 Å². The van der Waals surface area contributed by atoms with Gasteiger partial charge in [0.15, 0.2) is 0 Å². The Kier molecular flexibility index (Phi) is 5.91. The predicted molar refractivity (Wildman–Crippen MR) is 70.3 cm³/mol. The summed E-state index contributed by atoms with van der Waals surface area (Å²) in [6, 6.07) is -0.247. The first-order valence-corrected chi connectivity index (χ1v) is 6.54. The Balaban J connectivity index is 2.14. The monoisotopic (exact) mass is 256 g/mol. The van der Waals surface area contributed by atoms with Crippen molar-refractivity contribution in [1.82, 2.24) is 20.9 Å². The molecule has 0 aromatic heterocycles. The molecule has 1 fully saturated rings. The van der Waals surface area contributed by atoms with Crippen molar-refractivity contribution < 1.29 is 9.59 Å². The van der Waals surface area contributed by atoms with Crippen LogP contribution >= 0.6 is 0 Å². The van der Waals surface area contributed by atoms with Crippen molar-refractivity contribution in [2.75, 3.05) is 32.7 Å². The van der Waals surface area contributed by atoms with E-state index in [0.717, 1.165) is 6.54 Å². The summed E-state index contributed by atoms with van der Waals surface area (Å²) in [6.45, 7) is 9.36. The molecule has 0 spiro atoms. The highest BCUT2D eigenvalue weighted by Crippen LogP contribution is 1.95. The van der Waals surface area contributed by atoms with Crippen LogP contribution < -0.4 is 16.0 Å². The van der Waals surface area contributed by atoms with Gasteiger partial charge in [0.25, 0.3) is 0 Å². The normalized spacial score (nSPS) is 16.9. The first kappa shape index (κ1) is 14.8. The number of nitrogens with one attached hydrogen (secondary N) is 3. The zero-order valence-corrected chi connectivity index (χ0v) is 11.5. The lowest BCUT2D eigenvalue weighted by Gasteiger charge is -2.18. The maximum absolute atomic E-state index is 11.7. The maximum Gasteiger partial charge on any atom is 0.317 e. The van der Waals surface area contributed by atoms with Gasteiger partial charge in [-0.1, -0.05) is 13.8 Å². The first-order valence-electron chi connectivity index (χ1n) is 6.54. The zero-order valence-electron chi connectivity index (χ0n) is 11.5. The molecule has 0 aromatic rings. The average molecular weight is 256 g/mol. The minimum atomic E-state index is -0.227. The van der Waals surface area contributed by atoms with Crippen molar-refractivity contribution in [3.63, 3.8) is 0 Å². The molecule has 104 valence electrons. The van der Waals surface area contributed by atoms with Crippen molar-refractivity contribution in [2.45, 2.75) is 26.8 Å². The fourth-order valence-electron chi connectivity index (χ4n) is 1.69. The number of urea groups is 1. The van der Waals surface area contributed by atoms with Crippen LogP contribution in [0.15, 0.2) is 0 Å². The van der Waals surface area contributed by atoms with Crippen LogP contribution in [0.4, 0.5) is 4.79 Å². The highest BCUT2D eigenvalue weighted by molar-refractivity contribution is 5.81. The molecule has 3 amide bonds. The van der Waals surface area contributed by atoms with Gasteiger partial charge in [-0.2, -0.15) is 0 Å². The highest BCUT2D eigenvalue weighted by atomic mass is 16.2. The number of hydrogen-bond acceptors (Lipinski definition) is 3. The van der Waals surface area contributed by atoms with Crippen molar-refractivity contribution in [3.05, 3.63) is 0 Å². The number of carbonyl (C=O) groups excluding carboxylic acids is 2. The molecule has 0 saturated carbocycles. The van der Waals surface area contributed by atoms with E-state index in [9.17, 15) is 9.59 Å². The molecule has 6 nitrogen and oxygen atoms in total. The molecule has 6 heteroatoms. The van der Waals surface area contributed by atoms with Crippen LogP contribution in [-0.2, 0) is 4.79 Å². The van der Waals surface area contributed by atoms with Crippen LogP contribution in [0.25, 0.3) is 0 Å². The molecule has 3 N–H and O–H groups in total. The molecule has 1 aliphatic rings. The topological polar surface area (TPSA) is 73.5 Å². The van der Waals surface area contributed by atoms with Crippen LogP contribution in [0.2, 0.25) is 0 Å². The van der Waals surface area contributed by atoms with Crippen molar-refractivity contribution in [2.24, 2.45) is 5.92 Å². The molecule has 0 bridgehead atoms. The largest absolute Gasteiger partial charge is 0.354 e. The number of hydrogen-bond donors (Lipinski definition) is 3. The SMILES string of the molecule is CC(C)CNC(=O)C(C)NCCN1CCNC1=O. The van der Waals surface area contributed by atoms with E-state index in [1.54, 1.807) is 4.90 Å². The summed E-state index contributed by atoms with van der Waals surface area (Å²) < 4.78 is 0. The van der Waals surface area contributed by atoms with Gasteiger partial charge in [-0.25, -0.2) is 4.79 Å². The van der Waals surface area contributed by atoms with E-state index in [0.29, 0.717) is 32.1 Å². The Bertz CT molecular complexity index is 294. The fourth-order valence-corrected chi connectivity index (χ4v) is 1.69. The lowest BCUT2D eigenvalue weighted by atomic mass is 10.2. The van der Waals surface area contributed by atoms with Crippen LogP contribution in [0.1, 0.15) is 20.8 Å². The molecule has 1 aliphatic heterocycles. The van der Waals surface area contributed by atoms with Crippen LogP contribution in [0, 0.1) is 5.92 Å². The van der Waals surface area contributed by atoms with Gasteiger partial charge in [-0.05, 0) is 12.8 Å². The Hall–Kier alpha value is -1.30. The third kappa shape index (κ3) is 4.91. The Labute approximate surface area is 108 Å². The standard InChI is InChI=1S/C12H24N4O2/c1-9(2)8-15-11(17)10(3)13-4-6-16-7-5-14-12(16)18/h9-10,13H,4-8H2,1-3H3,(H,14,18)(H,15,17). The van der Waals surface area contributed by atoms with E-state index in [2.05, 4.69) is 29.8 Å². The van der Waals surface area contributed by atoms with Crippen LogP contribution in [0.5, 0.6) is 0 Å². The quantitative estimate of drug-likeness (QED) is 0.589. The van der Waals surface area contributed by atoms with Gasteiger partial charge in [0.1, 0.15) is 0 Å². The van der Waals surface area contributed by atoms with E-state index < -0.39 is 0 Å². The van der Waals surface area contributed by atoms with E-state index in [-0.39, 0.29) is 18.0 Å². The molecule has 0 aliphatic carbocycles. The molecule has 1 saturated heterocycles. The van der Waals surface area contributed by atoms with Gasteiger partial charge in [0.05, 0.1) is 6.04 Å². The number of amides is 3. The Morgan fingerprint density at radius 3 is 2.72 bits per heavy atom. The molecule has 1 rings (SSSR count). The minimum absolute atomic E-state index is 0.00886. The zero-order chi connectivity index (χ0) is 13.5. The van der Waals surface area contributed by atoms with E-state index in [1.165, 1.54) is 0 Å². The van der Waals surface area contributed by atoms with Gasteiger partial charge in [-0.3, -0.25) is 4.79 Å². The summed E-state index contributed by atoms with van der Waals surface area (Å²) in [4.78, 5) is 24.7. The van der Waals surface area contributed by atoms with Crippen molar-refractivity contribution >= 4 is 11.9 Å². The smallest absolute Gasteiger partial charge is 0.317 e. The van der Waals surface area contributed by atoms with Gasteiger partial charge < -0.3 is 20.9 Å². The predicted octanol–water partition coefficient (Wildman–Crippen LogP) is -0.238. The summed E-state index contributed by atoms with van der Waals surface area (Å²) in [5.41, 5.74) is 0. The molecule has 0 aromatic carbocycles. The lowest BCUT2D eigenvalue weighted by Crippen LogP contribution is -2.45. The second-order valence-electron chi connectivity index (χ2n) is 5.03. The van der Waals surface area contributed by atoms with E-state index >= 15 is 0 Å². The molecule has 1 heterocycles. The molecule has 1 unspecified atom stereocenters. The average Bonchev–Trinajstić information content (AvgIpc) is 2.72. The molecule has 18 heavy (non-hydrogen) atoms. The number of carbonyl (C=O) groups is 2. The summed E-state index contributed by atoms with van der Waals surface area (Å²) in [6.07, 6.45) is 0. The second-order valence-corrected chi connectivity index (χ2v) is 5.03. The number of nitrogens with zero attached hydrogens (tertiary/aromatic N) is 1. The Morgan fingerprint density at radius 2 is 2.17 bits per heavy atom. The van der Waals surface area contributed by atoms with Gasteiger partial charge >= 0.3 is 6.03 Å². The lowest BCUT2D eigenvalue weighted by molar-refractivity contribution is -0.122. The van der Waals surface area contributed by atoms with E-state index in [1.807, 2.05) is 6.92 Å². The molecule has 0 radical (unpaired) electrons. The van der Waals surface area contributed by atoms with Crippen molar-refractivity contribution in [1.29, 1.82) is 0 Å². The van der Waals surface area contributed by atoms with E-state index in [4.69, 9.17) is 0 Å². The third-order valence-electron chi connectivity index (χ3n) is 2.86. The van der Waals surface area contributed by atoms with Gasteiger partial charge in [0, 0.05) is 32.7 Å². The molecular weight excluding hydrogens is 232 g/mol. The second kappa shape index (κ2) is 7.20. The molecule has 1 atom stereocenters. The maximum atomic E-state index is 11.7. The summed E-state index contributed by atoms with van der Waals surface area (Å²) in [7, 11) is 0. The summed E-state index contributed by atoms with van der Waals surface area (Å²) >= 11 is 0. The van der Waals surface area contributed by atoms with Gasteiger partial charge in [0.2, 0.25) is 5.91 Å².